The van der Waals surface area contributed by atoms with Crippen LogP contribution >= 0.6 is 0 Å². The van der Waals surface area contributed by atoms with Crippen LogP contribution in [0.5, 0.6) is 0 Å². The summed E-state index contributed by atoms with van der Waals surface area (Å²) >= 11 is 0. The second-order valence-electron chi connectivity index (χ2n) is 3.37. The maximum absolute atomic E-state index is 13.4. The topological polar surface area (TPSA) is 50.4 Å². The van der Waals surface area contributed by atoms with Crippen molar-refractivity contribution in [3.8, 4) is 11.3 Å². The molecule has 1 aromatic carbocycles. The van der Waals surface area contributed by atoms with Gasteiger partial charge in [0.25, 0.3) is 0 Å². The molecule has 0 aliphatic rings. The van der Waals surface area contributed by atoms with Crippen LogP contribution in [0.1, 0.15) is 10.6 Å². The number of carbonyl (C=O) groups excluding carboxylic acids is 1. The fourth-order valence-electron chi connectivity index (χ4n) is 1.40. The predicted octanol–water partition coefficient (Wildman–Crippen LogP) is 2.40. The van der Waals surface area contributed by atoms with E-state index >= 15 is 0 Å². The Morgan fingerprint density at radius 2 is 2.00 bits per heavy atom. The minimum atomic E-state index is -0.776. The highest BCUT2D eigenvalue weighted by molar-refractivity contribution is 5.94. The van der Waals surface area contributed by atoms with Crippen molar-refractivity contribution in [1.82, 2.24) is 0 Å². The Kier molecular flexibility index (Phi) is 3.01. The maximum atomic E-state index is 13.4. The molecule has 2 aromatic rings. The molecule has 0 aliphatic heterocycles. The standard InChI is InChI=1S/C12H8F2O3/c13-7-1-2-8(9(14)5-7)11-3-4-12(17-11)10(16)6-15/h1-5,15H,6H2. The Labute approximate surface area is 95.3 Å². The van der Waals surface area contributed by atoms with Gasteiger partial charge in [-0.3, -0.25) is 4.79 Å². The Balaban J connectivity index is 2.40. The van der Waals surface area contributed by atoms with Crippen molar-refractivity contribution >= 4 is 5.78 Å². The quantitative estimate of drug-likeness (QED) is 0.835. The summed E-state index contributed by atoms with van der Waals surface area (Å²) in [5, 5.41) is 8.63. The molecule has 0 spiro atoms. The van der Waals surface area contributed by atoms with Crippen LogP contribution in [0.15, 0.2) is 34.7 Å². The van der Waals surface area contributed by atoms with Crippen molar-refractivity contribution in [2.75, 3.05) is 6.61 Å². The second-order valence-corrected chi connectivity index (χ2v) is 3.37. The summed E-state index contributed by atoms with van der Waals surface area (Å²) in [6, 6.07) is 5.76. The van der Waals surface area contributed by atoms with Crippen molar-refractivity contribution < 1.29 is 23.1 Å². The van der Waals surface area contributed by atoms with Gasteiger partial charge in [0.15, 0.2) is 5.76 Å². The molecule has 0 saturated carbocycles. The van der Waals surface area contributed by atoms with Gasteiger partial charge in [0.05, 0.1) is 5.56 Å². The van der Waals surface area contributed by atoms with E-state index in [2.05, 4.69) is 0 Å². The lowest BCUT2D eigenvalue weighted by Crippen LogP contribution is -2.01. The second kappa shape index (κ2) is 4.47. The molecule has 0 fully saturated rings. The Morgan fingerprint density at radius 3 is 2.65 bits per heavy atom. The lowest BCUT2D eigenvalue weighted by atomic mass is 10.1. The number of rotatable bonds is 3. The van der Waals surface area contributed by atoms with Gasteiger partial charge < -0.3 is 9.52 Å². The molecule has 0 amide bonds. The third-order valence-corrected chi connectivity index (χ3v) is 2.22. The Hall–Kier alpha value is -2.01. The van der Waals surface area contributed by atoms with Crippen LogP contribution < -0.4 is 0 Å². The summed E-state index contributed by atoms with van der Waals surface area (Å²) in [5.74, 6) is -2.02. The van der Waals surface area contributed by atoms with Gasteiger partial charge in [-0.15, -0.1) is 0 Å². The van der Waals surface area contributed by atoms with Crippen LogP contribution in [0.3, 0.4) is 0 Å². The lowest BCUT2D eigenvalue weighted by Gasteiger charge is -1.99. The average Bonchev–Trinajstić information content (AvgIpc) is 2.77. The SMILES string of the molecule is O=C(CO)c1ccc(-c2ccc(F)cc2F)o1. The molecular formula is C12H8F2O3. The Morgan fingerprint density at radius 1 is 1.24 bits per heavy atom. The first-order valence-electron chi connectivity index (χ1n) is 4.81. The first-order valence-corrected chi connectivity index (χ1v) is 4.81. The van der Waals surface area contributed by atoms with E-state index in [4.69, 9.17) is 9.52 Å². The summed E-state index contributed by atoms with van der Waals surface area (Å²) in [7, 11) is 0. The van der Waals surface area contributed by atoms with Gasteiger partial charge in [-0.25, -0.2) is 8.78 Å². The molecule has 88 valence electrons. The molecule has 0 aliphatic carbocycles. The van der Waals surface area contributed by atoms with E-state index < -0.39 is 24.0 Å². The van der Waals surface area contributed by atoms with E-state index in [0.29, 0.717) is 0 Å². The first kappa shape index (κ1) is 11.5. The van der Waals surface area contributed by atoms with E-state index in [-0.39, 0.29) is 17.1 Å². The maximum Gasteiger partial charge on any atom is 0.223 e. The number of hydrogen-bond donors (Lipinski definition) is 1. The van der Waals surface area contributed by atoms with Gasteiger partial charge in [-0.2, -0.15) is 0 Å². The molecule has 17 heavy (non-hydrogen) atoms. The van der Waals surface area contributed by atoms with Crippen molar-refractivity contribution in [2.24, 2.45) is 0 Å². The van der Waals surface area contributed by atoms with Gasteiger partial charge in [0.2, 0.25) is 5.78 Å². The number of aliphatic hydroxyl groups is 1. The highest BCUT2D eigenvalue weighted by Crippen LogP contribution is 2.25. The highest BCUT2D eigenvalue weighted by atomic mass is 19.1. The fourth-order valence-corrected chi connectivity index (χ4v) is 1.40. The zero-order valence-corrected chi connectivity index (χ0v) is 8.61. The molecule has 0 atom stereocenters. The van der Waals surface area contributed by atoms with E-state index in [1.165, 1.54) is 18.2 Å². The third kappa shape index (κ3) is 2.24. The molecule has 3 nitrogen and oxygen atoms in total. The summed E-state index contributed by atoms with van der Waals surface area (Å²) in [5.41, 5.74) is 0.0587. The molecular weight excluding hydrogens is 230 g/mol. The van der Waals surface area contributed by atoms with Crippen molar-refractivity contribution in [2.45, 2.75) is 0 Å². The lowest BCUT2D eigenvalue weighted by molar-refractivity contribution is 0.0876. The van der Waals surface area contributed by atoms with E-state index in [9.17, 15) is 13.6 Å². The Bertz CT molecular complexity index is 561. The normalized spacial score (nSPS) is 10.5. The number of carbonyl (C=O) groups is 1. The van der Waals surface area contributed by atoms with Crippen LogP contribution in [-0.4, -0.2) is 17.5 Å². The zero-order valence-electron chi connectivity index (χ0n) is 8.61. The summed E-state index contributed by atoms with van der Waals surface area (Å²) in [6.07, 6.45) is 0. The number of benzene rings is 1. The minimum Gasteiger partial charge on any atom is -0.453 e. The van der Waals surface area contributed by atoms with Crippen molar-refractivity contribution in [3.63, 3.8) is 0 Å². The van der Waals surface area contributed by atoms with Gasteiger partial charge in [0, 0.05) is 6.07 Å². The van der Waals surface area contributed by atoms with E-state index in [0.717, 1.165) is 12.1 Å². The average molecular weight is 238 g/mol. The highest BCUT2D eigenvalue weighted by Gasteiger charge is 2.14. The molecule has 0 radical (unpaired) electrons. The summed E-state index contributed by atoms with van der Waals surface area (Å²) < 4.78 is 31.2. The van der Waals surface area contributed by atoms with Crippen LogP contribution in [0.4, 0.5) is 8.78 Å². The summed E-state index contributed by atoms with van der Waals surface area (Å²) in [4.78, 5) is 11.1. The van der Waals surface area contributed by atoms with Gasteiger partial charge in [0.1, 0.15) is 24.0 Å². The van der Waals surface area contributed by atoms with Crippen LogP contribution in [0.25, 0.3) is 11.3 Å². The third-order valence-electron chi connectivity index (χ3n) is 2.22. The number of Topliss-reactive ketones (excluding diaryl/α,β-unsaturated/α-hetero) is 1. The number of furan rings is 1. The number of ketones is 1. The molecule has 0 bridgehead atoms. The largest absolute Gasteiger partial charge is 0.453 e. The monoisotopic (exact) mass is 238 g/mol. The smallest absolute Gasteiger partial charge is 0.223 e. The predicted molar refractivity (Wildman–Crippen MR) is 55.5 cm³/mol. The van der Waals surface area contributed by atoms with Crippen molar-refractivity contribution in [3.05, 3.63) is 47.7 Å². The molecule has 1 aromatic heterocycles. The van der Waals surface area contributed by atoms with Gasteiger partial charge in [-0.05, 0) is 24.3 Å². The molecule has 0 unspecified atom stereocenters. The zero-order chi connectivity index (χ0) is 12.4. The number of aliphatic hydroxyl groups excluding tert-OH is 1. The molecule has 5 heteroatoms. The number of hydrogen-bond acceptors (Lipinski definition) is 3. The van der Waals surface area contributed by atoms with E-state index in [1.807, 2.05) is 0 Å². The van der Waals surface area contributed by atoms with Gasteiger partial charge >= 0.3 is 0 Å². The summed E-state index contributed by atoms with van der Waals surface area (Å²) in [6.45, 7) is -0.682. The van der Waals surface area contributed by atoms with Gasteiger partial charge in [-0.1, -0.05) is 0 Å². The van der Waals surface area contributed by atoms with Crippen LogP contribution in [0, 0.1) is 11.6 Å². The van der Waals surface area contributed by atoms with Crippen LogP contribution in [-0.2, 0) is 0 Å². The van der Waals surface area contributed by atoms with Crippen LogP contribution in [0.2, 0.25) is 0 Å². The molecule has 1 N–H and O–H groups in total. The van der Waals surface area contributed by atoms with Crippen molar-refractivity contribution in [1.29, 1.82) is 0 Å². The molecule has 2 rings (SSSR count). The molecule has 1 heterocycles. The number of halogens is 2. The minimum absolute atomic E-state index is 0.0587. The molecule has 0 saturated heterocycles. The van der Waals surface area contributed by atoms with E-state index in [1.54, 1.807) is 0 Å². The first-order chi connectivity index (χ1) is 8.11. The fraction of sp³-hybridized carbons (Fsp3) is 0.0833.